The van der Waals surface area contributed by atoms with Crippen molar-refractivity contribution in [2.24, 2.45) is 0 Å². The molecule has 0 spiro atoms. The third kappa shape index (κ3) is 5.13. The molecule has 4 nitrogen and oxygen atoms in total. The Kier molecular flexibility index (Phi) is 8.39. The highest BCUT2D eigenvalue weighted by atomic mass is 32.3. The smallest absolute Gasteiger partial charge is 0.220 e. The van der Waals surface area contributed by atoms with Gasteiger partial charge in [-0.3, -0.25) is 18.8 Å². The van der Waals surface area contributed by atoms with Gasteiger partial charge < -0.3 is 14.5 Å². The first-order valence-electron chi connectivity index (χ1n) is 18.7. The average molecular weight is 789 g/mol. The first-order valence-corrected chi connectivity index (χ1v) is 25.0. The minimum absolute atomic E-state index is 0.730. The molecule has 1 atom stereocenters. The summed E-state index contributed by atoms with van der Waals surface area (Å²) in [5, 5.41) is 0. The zero-order chi connectivity index (χ0) is 39.2. The molecule has 1 aliphatic heterocycles. The number of fused-ring (bicyclic) bond motifs is 7. The summed E-state index contributed by atoms with van der Waals surface area (Å²) < 4.78 is 10.9. The lowest BCUT2D eigenvalue weighted by Gasteiger charge is -2.63. The molecular weight excluding hydrogens is 751 g/mol. The zero-order valence-electron chi connectivity index (χ0n) is 31.9. The molecule has 2 aromatic heterocycles. The van der Waals surface area contributed by atoms with Gasteiger partial charge in [-0.05, 0) is 91.4 Å². The van der Waals surface area contributed by atoms with Crippen LogP contribution in [0.1, 0.15) is 11.1 Å². The number of aromatic nitrogens is 3. The van der Waals surface area contributed by atoms with Crippen LogP contribution in [0, 0.1) is 0 Å². The summed E-state index contributed by atoms with van der Waals surface area (Å²) in [5.74, 6) is 2.35. The quantitative estimate of drug-likeness (QED) is 0.151. The second kappa shape index (κ2) is 13.2. The molecule has 0 aliphatic carbocycles. The molecule has 0 bridgehead atoms. The van der Waals surface area contributed by atoms with E-state index in [1.807, 2.05) is 30.5 Å². The van der Waals surface area contributed by atoms with Crippen LogP contribution in [-0.4, -0.2) is 54.1 Å². The van der Waals surface area contributed by atoms with E-state index in [1.54, 1.807) is 0 Å². The first-order chi connectivity index (χ1) is 27.6. The second-order valence-corrected chi connectivity index (χ2v) is 24.6. The van der Waals surface area contributed by atoms with Crippen LogP contribution in [0.15, 0.2) is 196 Å². The fourth-order valence-electron chi connectivity index (χ4n) is 9.16. The van der Waals surface area contributed by atoms with Gasteiger partial charge >= 0.3 is 0 Å². The highest BCUT2D eigenvalue weighted by Gasteiger charge is 2.54. The van der Waals surface area contributed by atoms with Crippen molar-refractivity contribution in [1.82, 2.24) is 14.0 Å². The molecule has 0 saturated heterocycles. The Morgan fingerprint density at radius 2 is 1.11 bits per heavy atom. The fraction of sp³-hybridized carbons (Fsp3) is 0.0851. The number of benzene rings is 7. The van der Waals surface area contributed by atoms with Crippen LogP contribution in [0.4, 0.5) is 0 Å². The lowest BCUT2D eigenvalue weighted by Crippen LogP contribution is -2.41. The number of rotatable bonds is 7. The van der Waals surface area contributed by atoms with E-state index in [4.69, 9.17) is 31.1 Å². The number of hydrogen-bond acceptors (Lipinski definition) is 2. The summed E-state index contributed by atoms with van der Waals surface area (Å²) >= 11 is 0. The molecule has 10 heteroatoms. The van der Waals surface area contributed by atoms with Gasteiger partial charge in [0.2, 0.25) is 5.78 Å². The Morgan fingerprint density at radius 1 is 0.544 bits per heavy atom. The first kappa shape index (κ1) is 36.2. The number of para-hydroxylation sites is 6. The van der Waals surface area contributed by atoms with Crippen molar-refractivity contribution < 1.29 is 4.74 Å². The average Bonchev–Trinajstić information content (AvgIpc) is 3.75. The van der Waals surface area contributed by atoms with Gasteiger partial charge in [0.15, 0.2) is 0 Å². The summed E-state index contributed by atoms with van der Waals surface area (Å²) in [4.78, 5) is 9.74. The summed E-state index contributed by atoms with van der Waals surface area (Å²) in [6, 6.07) is 62.2. The summed E-state index contributed by atoms with van der Waals surface area (Å²) in [7, 11) is 15.3. The Hall–Kier alpha value is -5.15. The number of hydrogen-bond donors (Lipinski definition) is 0. The summed E-state index contributed by atoms with van der Waals surface area (Å²) in [6.07, 6.45) is 6.22. The molecular formula is C47H38B3N3OS3. The molecule has 0 amide bonds. The van der Waals surface area contributed by atoms with Gasteiger partial charge in [-0.1, -0.05) is 103 Å². The van der Waals surface area contributed by atoms with Crippen LogP contribution in [0.3, 0.4) is 0 Å². The largest absolute Gasteiger partial charge is 0.455 e. The normalized spacial score (nSPS) is 16.5. The van der Waals surface area contributed by atoms with Crippen LogP contribution >= 0.6 is 29.6 Å². The van der Waals surface area contributed by atoms with Gasteiger partial charge in [-0.15, -0.1) is 10.0 Å². The van der Waals surface area contributed by atoms with Crippen LogP contribution in [0.5, 0.6) is 11.5 Å². The number of imidazole rings is 2. The third-order valence-corrected chi connectivity index (χ3v) is 21.1. The highest BCUT2D eigenvalue weighted by Crippen LogP contribution is 2.82. The van der Waals surface area contributed by atoms with Crippen molar-refractivity contribution in [1.29, 1.82) is 0 Å². The van der Waals surface area contributed by atoms with E-state index in [9.17, 15) is 0 Å². The zero-order valence-corrected chi connectivity index (χ0v) is 34.4. The topological polar surface area (TPSA) is 31.5 Å². The van der Waals surface area contributed by atoms with Crippen molar-refractivity contribution >= 4 is 78.9 Å². The number of nitrogens with zero attached hydrogens (tertiary/aromatic N) is 3. The Bertz CT molecular complexity index is 2940. The van der Waals surface area contributed by atoms with E-state index in [1.165, 1.54) is 9.79 Å². The molecule has 0 saturated carbocycles. The molecule has 3 heterocycles. The molecule has 10 rings (SSSR count). The summed E-state index contributed by atoms with van der Waals surface area (Å²) in [6.45, 7) is 0. The molecule has 7 aromatic carbocycles. The lowest BCUT2D eigenvalue weighted by atomic mass is 9.99. The monoisotopic (exact) mass is 789 g/mol. The fourth-order valence-corrected chi connectivity index (χ4v) is 19.6. The van der Waals surface area contributed by atoms with Crippen LogP contribution in [0.25, 0.3) is 33.5 Å². The Balaban J connectivity index is 1.34. The summed E-state index contributed by atoms with van der Waals surface area (Å²) in [5.41, 5.74) is 7.08. The van der Waals surface area contributed by atoms with E-state index < -0.39 is 33.7 Å². The van der Waals surface area contributed by atoms with Gasteiger partial charge in [0, 0.05) is 30.7 Å². The van der Waals surface area contributed by atoms with Crippen LogP contribution in [-0.2, 0) is 4.08 Å². The third-order valence-electron chi connectivity index (χ3n) is 11.2. The highest BCUT2D eigenvalue weighted by molar-refractivity contribution is 8.72. The van der Waals surface area contributed by atoms with Gasteiger partial charge in [-0.25, -0.2) is 4.98 Å². The molecule has 57 heavy (non-hydrogen) atoms. The van der Waals surface area contributed by atoms with E-state index in [0.29, 0.717) is 0 Å². The second-order valence-electron chi connectivity index (χ2n) is 15.1. The van der Waals surface area contributed by atoms with Gasteiger partial charge in [0.1, 0.15) is 32.9 Å². The van der Waals surface area contributed by atoms with E-state index in [-0.39, 0.29) is 0 Å². The van der Waals surface area contributed by atoms with E-state index >= 15 is 0 Å². The molecule has 9 aromatic rings. The van der Waals surface area contributed by atoms with Gasteiger partial charge in [0.25, 0.3) is 0 Å². The molecule has 1 unspecified atom stereocenters. The van der Waals surface area contributed by atoms with E-state index in [2.05, 4.69) is 173 Å². The predicted octanol–water partition coefficient (Wildman–Crippen LogP) is 11.8. The van der Waals surface area contributed by atoms with E-state index in [0.717, 1.165) is 65.9 Å². The van der Waals surface area contributed by atoms with Crippen molar-refractivity contribution in [2.75, 3.05) is 18.8 Å². The van der Waals surface area contributed by atoms with Crippen molar-refractivity contribution in [3.05, 3.63) is 187 Å². The molecule has 0 fully saturated rings. The standard InChI is InChI=1S/C47H38B3N3OS3/c1-55(2,48)47(56(3,49)50)37-24-10-15-30-43(37)54-45-38(47)25-17-31-44(45)57(34-19-6-4-7-20-34,35-21-8-5-9-22-35)36-23-16-18-33(32-36)52-41-28-13-14-29-42(41)53-40-27-12-11-26-39(40)51-46(52)53/h4-32H,1-3H3. The van der Waals surface area contributed by atoms with Crippen molar-refractivity contribution in [3.63, 3.8) is 0 Å². The molecule has 6 radical (unpaired) electrons. The van der Waals surface area contributed by atoms with Crippen LogP contribution < -0.4 is 4.74 Å². The Morgan fingerprint density at radius 3 is 1.79 bits per heavy atom. The number of ether oxygens (including phenoxy) is 1. The van der Waals surface area contributed by atoms with Crippen molar-refractivity contribution in [3.8, 4) is 17.2 Å². The molecule has 1 aliphatic rings. The maximum absolute atomic E-state index is 7.43. The van der Waals surface area contributed by atoms with Crippen LogP contribution in [0.2, 0.25) is 0 Å². The Labute approximate surface area is 342 Å². The molecule has 0 N–H and O–H groups in total. The maximum Gasteiger partial charge on any atom is 0.220 e. The van der Waals surface area contributed by atoms with Gasteiger partial charge in [-0.2, -0.15) is 0 Å². The van der Waals surface area contributed by atoms with Crippen molar-refractivity contribution in [2.45, 2.75) is 23.7 Å². The molecule has 274 valence electrons. The maximum atomic E-state index is 7.43. The van der Waals surface area contributed by atoms with Gasteiger partial charge in [0.05, 0.1) is 31.8 Å². The lowest BCUT2D eigenvalue weighted by molar-refractivity contribution is 0.443. The minimum atomic E-state index is -2.39. The predicted molar refractivity (Wildman–Crippen MR) is 247 cm³/mol. The minimum Gasteiger partial charge on any atom is -0.455 e. The SMILES string of the molecule is [B]S([B])(C)C1(S([B])(C)C)c2ccccc2Oc2c1cccc2S(c1ccccc1)(c1ccccc1)c1cccc(-n2c3ccccc3n3c4ccccc4nc23)c1.